The van der Waals surface area contributed by atoms with Crippen molar-refractivity contribution in [3.8, 4) is 0 Å². The van der Waals surface area contributed by atoms with Crippen LogP contribution in [0.3, 0.4) is 0 Å². The van der Waals surface area contributed by atoms with E-state index in [1.54, 1.807) is 11.3 Å². The third-order valence-electron chi connectivity index (χ3n) is 3.49. The molecule has 0 radical (unpaired) electrons. The van der Waals surface area contributed by atoms with E-state index in [1.165, 1.54) is 5.06 Å². The Labute approximate surface area is 116 Å². The lowest BCUT2D eigenvalue weighted by atomic mass is 9.97. The van der Waals surface area contributed by atoms with Crippen LogP contribution in [-0.2, 0) is 0 Å². The molecular weight excluding hydrogens is 256 g/mol. The molecule has 1 aromatic carbocycles. The zero-order valence-corrected chi connectivity index (χ0v) is 11.8. The minimum absolute atomic E-state index is 0.326. The third-order valence-corrected chi connectivity index (χ3v) is 4.36. The Balaban J connectivity index is 2.05. The van der Waals surface area contributed by atoms with Gasteiger partial charge in [-0.05, 0) is 30.9 Å². The van der Waals surface area contributed by atoms with Crippen LogP contribution in [0.1, 0.15) is 30.5 Å². The van der Waals surface area contributed by atoms with Gasteiger partial charge < -0.3 is 5.21 Å². The quantitative estimate of drug-likeness (QED) is 0.904. The van der Waals surface area contributed by atoms with Gasteiger partial charge in [-0.1, -0.05) is 36.4 Å². The van der Waals surface area contributed by atoms with Gasteiger partial charge in [-0.2, -0.15) is 5.06 Å². The van der Waals surface area contributed by atoms with E-state index in [4.69, 9.17) is 4.99 Å². The molecule has 1 atom stereocenters. The van der Waals surface area contributed by atoms with Crippen LogP contribution in [0.15, 0.2) is 52.8 Å². The largest absolute Gasteiger partial charge is 0.311 e. The summed E-state index contributed by atoms with van der Waals surface area (Å²) in [7, 11) is 0. The Hall–Kier alpha value is -1.49. The molecule has 1 N–H and O–H groups in total. The van der Waals surface area contributed by atoms with Crippen molar-refractivity contribution < 1.29 is 5.21 Å². The second-order valence-electron chi connectivity index (χ2n) is 5.14. The van der Waals surface area contributed by atoms with Gasteiger partial charge in [-0.3, -0.25) is 4.99 Å². The van der Waals surface area contributed by atoms with E-state index in [9.17, 15) is 5.21 Å². The highest BCUT2D eigenvalue weighted by atomic mass is 32.1. The van der Waals surface area contributed by atoms with Crippen LogP contribution in [0.25, 0.3) is 0 Å². The molecule has 0 aliphatic carbocycles. The number of benzene rings is 1. The monoisotopic (exact) mass is 272 g/mol. The Kier molecular flexibility index (Phi) is 3.01. The predicted octanol–water partition coefficient (Wildman–Crippen LogP) is 3.72. The smallest absolute Gasteiger partial charge is 0.151 e. The average Bonchev–Trinajstić information content (AvgIpc) is 3.00. The zero-order chi connectivity index (χ0) is 13.5. The number of hydrogen-bond donors (Lipinski definition) is 1. The van der Waals surface area contributed by atoms with Crippen molar-refractivity contribution in [1.82, 2.24) is 5.06 Å². The Bertz CT molecular complexity index is 590. The first-order valence-electron chi connectivity index (χ1n) is 6.26. The molecule has 0 bridgehead atoms. The van der Waals surface area contributed by atoms with Crippen molar-refractivity contribution in [1.29, 1.82) is 0 Å². The number of hydroxylamine groups is 2. The molecule has 1 aromatic heterocycles. The number of rotatable bonds is 2. The predicted molar refractivity (Wildman–Crippen MR) is 77.7 cm³/mol. The Morgan fingerprint density at radius 3 is 2.53 bits per heavy atom. The van der Waals surface area contributed by atoms with E-state index in [0.29, 0.717) is 0 Å². The fourth-order valence-electron chi connectivity index (χ4n) is 2.37. The van der Waals surface area contributed by atoms with E-state index < -0.39 is 5.54 Å². The number of thiophene rings is 1. The van der Waals surface area contributed by atoms with Crippen LogP contribution in [0.4, 0.5) is 0 Å². The molecule has 4 heteroatoms. The van der Waals surface area contributed by atoms with Gasteiger partial charge in [0.15, 0.2) is 6.17 Å². The molecule has 19 heavy (non-hydrogen) atoms. The van der Waals surface area contributed by atoms with Crippen molar-refractivity contribution in [2.75, 3.05) is 0 Å². The van der Waals surface area contributed by atoms with Gasteiger partial charge in [0, 0.05) is 0 Å². The van der Waals surface area contributed by atoms with E-state index in [0.717, 1.165) is 16.2 Å². The highest BCUT2D eigenvalue weighted by molar-refractivity contribution is 7.12. The fourth-order valence-corrected chi connectivity index (χ4v) is 3.24. The normalized spacial score (nSPS) is 22.5. The highest BCUT2D eigenvalue weighted by Gasteiger charge is 2.43. The summed E-state index contributed by atoms with van der Waals surface area (Å²) < 4.78 is 0. The summed E-state index contributed by atoms with van der Waals surface area (Å²) in [4.78, 5) is 5.85. The first kappa shape index (κ1) is 12.5. The summed E-state index contributed by atoms with van der Waals surface area (Å²) in [5.41, 5.74) is 1.47. The van der Waals surface area contributed by atoms with Crippen LogP contribution in [0, 0.1) is 0 Å². The summed E-state index contributed by atoms with van der Waals surface area (Å²) >= 11 is 1.65. The molecule has 1 aliphatic rings. The molecule has 3 nitrogen and oxygen atoms in total. The molecule has 0 unspecified atom stereocenters. The van der Waals surface area contributed by atoms with Gasteiger partial charge in [-0.15, -0.1) is 11.3 Å². The fraction of sp³-hybridized carbons (Fsp3) is 0.267. The first-order valence-corrected chi connectivity index (χ1v) is 7.14. The maximum atomic E-state index is 10.5. The topological polar surface area (TPSA) is 35.8 Å². The lowest BCUT2D eigenvalue weighted by molar-refractivity contribution is -0.159. The highest BCUT2D eigenvalue weighted by Crippen LogP contribution is 2.38. The summed E-state index contributed by atoms with van der Waals surface area (Å²) in [6, 6.07) is 13.9. The maximum absolute atomic E-state index is 10.5. The molecule has 1 aliphatic heterocycles. The number of hydrogen-bond acceptors (Lipinski definition) is 4. The number of nitrogens with zero attached hydrogens (tertiary/aromatic N) is 2. The van der Waals surface area contributed by atoms with Gasteiger partial charge in [0.05, 0.1) is 16.1 Å². The van der Waals surface area contributed by atoms with Crippen LogP contribution in [0.2, 0.25) is 0 Å². The van der Waals surface area contributed by atoms with Crippen molar-refractivity contribution in [2.24, 2.45) is 4.99 Å². The summed E-state index contributed by atoms with van der Waals surface area (Å²) in [5, 5.41) is 13.8. The third kappa shape index (κ3) is 2.02. The minimum atomic E-state index is -0.481. The summed E-state index contributed by atoms with van der Waals surface area (Å²) in [6.45, 7) is 3.99. The van der Waals surface area contributed by atoms with Crippen molar-refractivity contribution in [2.45, 2.75) is 25.6 Å². The van der Waals surface area contributed by atoms with Gasteiger partial charge >= 0.3 is 0 Å². The van der Waals surface area contributed by atoms with Crippen molar-refractivity contribution in [3.05, 3.63) is 58.3 Å². The average molecular weight is 272 g/mol. The molecule has 0 spiro atoms. The first-order chi connectivity index (χ1) is 9.10. The van der Waals surface area contributed by atoms with E-state index in [1.807, 2.05) is 61.7 Å². The molecular formula is C15H16N2OS. The van der Waals surface area contributed by atoms with E-state index >= 15 is 0 Å². The van der Waals surface area contributed by atoms with Crippen LogP contribution in [-0.4, -0.2) is 21.5 Å². The summed E-state index contributed by atoms with van der Waals surface area (Å²) in [6.07, 6.45) is -0.326. The van der Waals surface area contributed by atoms with E-state index in [2.05, 4.69) is 0 Å². The zero-order valence-electron chi connectivity index (χ0n) is 10.9. The standard InChI is InChI=1S/C15H16N2OS/c1-15(2)13(12-9-6-10-19-12)16-14(17(15)18)11-7-4-3-5-8-11/h3-10,14,18H,1-2H3/t14-/m0/s1. The second-order valence-corrected chi connectivity index (χ2v) is 6.09. The lowest BCUT2D eigenvalue weighted by Gasteiger charge is -2.29. The minimum Gasteiger partial charge on any atom is -0.311 e. The van der Waals surface area contributed by atoms with Gasteiger partial charge in [0.1, 0.15) is 0 Å². The van der Waals surface area contributed by atoms with Crippen molar-refractivity contribution in [3.63, 3.8) is 0 Å². The van der Waals surface area contributed by atoms with Crippen LogP contribution >= 0.6 is 11.3 Å². The molecule has 0 amide bonds. The van der Waals surface area contributed by atoms with Crippen molar-refractivity contribution >= 4 is 17.0 Å². The van der Waals surface area contributed by atoms with Gasteiger partial charge in [0.25, 0.3) is 0 Å². The van der Waals surface area contributed by atoms with Gasteiger partial charge in [0.2, 0.25) is 0 Å². The molecule has 0 saturated carbocycles. The molecule has 0 fully saturated rings. The Morgan fingerprint density at radius 1 is 1.16 bits per heavy atom. The lowest BCUT2D eigenvalue weighted by Crippen LogP contribution is -2.44. The maximum Gasteiger partial charge on any atom is 0.151 e. The molecule has 2 aromatic rings. The van der Waals surface area contributed by atoms with Crippen LogP contribution in [0.5, 0.6) is 0 Å². The molecule has 0 saturated heterocycles. The number of aliphatic imine (C=N–C) groups is 1. The SMILES string of the molecule is CC1(C)C(c2cccs2)=N[C@H](c2ccccc2)N1O. The molecule has 98 valence electrons. The Morgan fingerprint density at radius 2 is 1.89 bits per heavy atom. The van der Waals surface area contributed by atoms with E-state index in [-0.39, 0.29) is 6.17 Å². The van der Waals surface area contributed by atoms with Crippen LogP contribution < -0.4 is 0 Å². The molecule has 3 rings (SSSR count). The second kappa shape index (κ2) is 4.56. The van der Waals surface area contributed by atoms with Gasteiger partial charge in [-0.25, -0.2) is 0 Å². The summed E-state index contributed by atoms with van der Waals surface area (Å²) in [5.74, 6) is 0. The molecule has 2 heterocycles.